The van der Waals surface area contributed by atoms with Crippen LogP contribution in [-0.2, 0) is 9.59 Å². The number of Topliss-reactive ketones (excluding diaryl/α,β-unsaturated/α-hetero) is 1. The van der Waals surface area contributed by atoms with E-state index in [0.29, 0.717) is 12.8 Å². The Labute approximate surface area is 165 Å². The molecule has 0 heterocycles. The summed E-state index contributed by atoms with van der Waals surface area (Å²) in [5.41, 5.74) is 4.55. The summed E-state index contributed by atoms with van der Waals surface area (Å²) in [6, 6.07) is 19.4. The molecule has 0 radical (unpaired) electrons. The summed E-state index contributed by atoms with van der Waals surface area (Å²) in [5.74, 6) is 0.0166. The topological polar surface area (TPSA) is 70.9 Å². The van der Waals surface area contributed by atoms with Crippen LogP contribution in [0.5, 0.6) is 0 Å². The number of carbonyl (C=O) groups excluding carboxylic acids is 2. The first-order valence-electron chi connectivity index (χ1n) is 9.68. The number of ketones is 1. The molecule has 1 fully saturated rings. The highest BCUT2D eigenvalue weighted by Crippen LogP contribution is 2.29. The number of hydrogen-bond donors (Lipinski definition) is 1. The highest BCUT2D eigenvalue weighted by molar-refractivity contribution is 5.87. The van der Waals surface area contributed by atoms with Gasteiger partial charge in [-0.3, -0.25) is 14.6 Å². The second kappa shape index (κ2) is 10.3. The Hall–Kier alpha value is -3.08. The molecular formula is C23H25N3O2. The van der Waals surface area contributed by atoms with Gasteiger partial charge in [0.05, 0.1) is 12.8 Å². The zero-order valence-corrected chi connectivity index (χ0v) is 15.8. The summed E-state index contributed by atoms with van der Waals surface area (Å²) < 4.78 is 0. The van der Waals surface area contributed by atoms with Crippen molar-refractivity contribution in [3.63, 3.8) is 0 Å². The lowest BCUT2D eigenvalue weighted by molar-refractivity contribution is -0.128. The van der Waals surface area contributed by atoms with Gasteiger partial charge in [0.15, 0.2) is 5.78 Å². The van der Waals surface area contributed by atoms with E-state index in [0.717, 1.165) is 24.0 Å². The van der Waals surface area contributed by atoms with Gasteiger partial charge in [-0.15, -0.1) is 0 Å². The van der Waals surface area contributed by atoms with Crippen LogP contribution < -0.4 is 5.43 Å². The molecule has 2 aromatic rings. The Morgan fingerprint density at radius 1 is 0.821 bits per heavy atom. The minimum absolute atomic E-state index is 0.00444. The predicted molar refractivity (Wildman–Crippen MR) is 112 cm³/mol. The summed E-state index contributed by atoms with van der Waals surface area (Å²) >= 11 is 0. The zero-order chi connectivity index (χ0) is 19.6. The minimum atomic E-state index is -0.0789. The second-order valence-corrected chi connectivity index (χ2v) is 7.04. The molecule has 1 N–H and O–H groups in total. The van der Waals surface area contributed by atoms with Gasteiger partial charge in [-0.2, -0.15) is 5.10 Å². The van der Waals surface area contributed by atoms with E-state index in [-0.39, 0.29) is 30.1 Å². The monoisotopic (exact) mass is 375 g/mol. The Morgan fingerprint density at radius 3 is 1.96 bits per heavy atom. The lowest BCUT2D eigenvalue weighted by atomic mass is 9.79. The van der Waals surface area contributed by atoms with Crippen molar-refractivity contribution in [2.45, 2.75) is 25.7 Å². The van der Waals surface area contributed by atoms with Gasteiger partial charge >= 0.3 is 0 Å². The van der Waals surface area contributed by atoms with Gasteiger partial charge in [0.25, 0.3) is 0 Å². The normalized spacial score (nSPS) is 19.7. The molecule has 1 saturated carbocycles. The van der Waals surface area contributed by atoms with Gasteiger partial charge in [0, 0.05) is 18.1 Å². The van der Waals surface area contributed by atoms with Crippen LogP contribution in [0, 0.1) is 11.8 Å². The fourth-order valence-electron chi connectivity index (χ4n) is 3.39. The van der Waals surface area contributed by atoms with Crippen molar-refractivity contribution >= 4 is 24.1 Å². The summed E-state index contributed by atoms with van der Waals surface area (Å²) in [7, 11) is 0. The predicted octanol–water partition coefficient (Wildman–Crippen LogP) is 3.63. The average molecular weight is 375 g/mol. The summed E-state index contributed by atoms with van der Waals surface area (Å²) in [5, 5.41) is 4.03. The molecule has 0 bridgehead atoms. The van der Waals surface area contributed by atoms with Crippen molar-refractivity contribution in [2.24, 2.45) is 21.9 Å². The maximum Gasteiger partial charge on any atom is 0.243 e. The molecule has 5 heteroatoms. The van der Waals surface area contributed by atoms with E-state index < -0.39 is 0 Å². The van der Waals surface area contributed by atoms with Gasteiger partial charge in [0.1, 0.15) is 0 Å². The van der Waals surface area contributed by atoms with Gasteiger partial charge < -0.3 is 0 Å². The lowest BCUT2D eigenvalue weighted by Crippen LogP contribution is -2.32. The Balaban J connectivity index is 1.39. The lowest BCUT2D eigenvalue weighted by Gasteiger charge is -2.25. The number of rotatable bonds is 7. The number of hydrazone groups is 1. The fourth-order valence-corrected chi connectivity index (χ4v) is 3.39. The van der Waals surface area contributed by atoms with Gasteiger partial charge in [-0.1, -0.05) is 60.7 Å². The quantitative estimate of drug-likeness (QED) is 0.593. The fraction of sp³-hybridized carbons (Fsp3) is 0.304. The first-order valence-corrected chi connectivity index (χ1v) is 9.68. The summed E-state index contributed by atoms with van der Waals surface area (Å²) in [6.07, 6.45) is 6.27. The number of carbonyl (C=O) groups is 2. The van der Waals surface area contributed by atoms with E-state index in [1.54, 1.807) is 12.4 Å². The standard InChI is InChI=1S/C23H25N3O2/c27-22(17-24-15-18-7-3-1-4-8-18)20-11-13-21(14-12-20)23(28)26-25-16-19-9-5-2-6-10-19/h1-10,15-16,20-21H,11-14,17H2,(H,26,28)/b24-15?,25-16+. The SMILES string of the molecule is O=C(CN=Cc1ccccc1)C1CCC(C(=O)N/N=C/c2ccccc2)CC1. The van der Waals surface area contributed by atoms with Crippen molar-refractivity contribution < 1.29 is 9.59 Å². The Kier molecular flexibility index (Phi) is 7.24. The maximum atomic E-state index is 12.4. The molecule has 3 rings (SSSR count). The number of aliphatic imine (C=N–C) groups is 1. The molecular weight excluding hydrogens is 350 g/mol. The van der Waals surface area contributed by atoms with Crippen LogP contribution in [0.2, 0.25) is 0 Å². The van der Waals surface area contributed by atoms with E-state index >= 15 is 0 Å². The molecule has 0 aliphatic heterocycles. The van der Waals surface area contributed by atoms with Crippen LogP contribution in [0.1, 0.15) is 36.8 Å². The number of nitrogens with zero attached hydrogens (tertiary/aromatic N) is 2. The maximum absolute atomic E-state index is 12.4. The van der Waals surface area contributed by atoms with E-state index in [1.165, 1.54) is 0 Å². The second-order valence-electron chi connectivity index (χ2n) is 7.04. The summed E-state index contributed by atoms with van der Waals surface area (Å²) in [4.78, 5) is 28.9. The van der Waals surface area contributed by atoms with E-state index in [4.69, 9.17) is 0 Å². The minimum Gasteiger partial charge on any atom is -0.297 e. The Morgan fingerprint density at radius 2 is 1.36 bits per heavy atom. The van der Waals surface area contributed by atoms with Crippen LogP contribution >= 0.6 is 0 Å². The van der Waals surface area contributed by atoms with Crippen molar-refractivity contribution in [3.05, 3.63) is 71.8 Å². The molecule has 0 aromatic heterocycles. The zero-order valence-electron chi connectivity index (χ0n) is 15.8. The Bertz CT molecular complexity index is 752. The van der Waals surface area contributed by atoms with Crippen molar-refractivity contribution in [3.8, 4) is 0 Å². The molecule has 28 heavy (non-hydrogen) atoms. The molecule has 2 aromatic carbocycles. The molecule has 0 atom stereocenters. The highest BCUT2D eigenvalue weighted by atomic mass is 16.2. The molecule has 0 unspecified atom stereocenters. The number of nitrogens with one attached hydrogen (secondary N) is 1. The van der Waals surface area contributed by atoms with E-state index in [9.17, 15) is 9.59 Å². The third-order valence-corrected chi connectivity index (χ3v) is 5.03. The number of hydrogen-bond acceptors (Lipinski definition) is 4. The number of amides is 1. The third kappa shape index (κ3) is 5.98. The first-order chi connectivity index (χ1) is 13.7. The van der Waals surface area contributed by atoms with E-state index in [2.05, 4.69) is 15.5 Å². The van der Waals surface area contributed by atoms with Gasteiger partial charge in [0.2, 0.25) is 5.91 Å². The smallest absolute Gasteiger partial charge is 0.243 e. The van der Waals surface area contributed by atoms with Crippen LogP contribution in [0.3, 0.4) is 0 Å². The molecule has 5 nitrogen and oxygen atoms in total. The van der Waals surface area contributed by atoms with Crippen molar-refractivity contribution in [2.75, 3.05) is 6.54 Å². The highest BCUT2D eigenvalue weighted by Gasteiger charge is 2.29. The molecule has 1 aliphatic rings. The molecule has 0 saturated heterocycles. The van der Waals surface area contributed by atoms with Gasteiger partial charge in [-0.25, -0.2) is 5.43 Å². The van der Waals surface area contributed by atoms with Crippen LogP contribution in [0.25, 0.3) is 0 Å². The van der Waals surface area contributed by atoms with Crippen molar-refractivity contribution in [1.29, 1.82) is 0 Å². The van der Waals surface area contributed by atoms with Crippen LogP contribution in [0.4, 0.5) is 0 Å². The van der Waals surface area contributed by atoms with Gasteiger partial charge in [-0.05, 0) is 36.8 Å². The van der Waals surface area contributed by atoms with E-state index in [1.807, 2.05) is 60.7 Å². The molecule has 144 valence electrons. The van der Waals surface area contributed by atoms with Crippen LogP contribution in [-0.4, -0.2) is 30.7 Å². The molecule has 1 amide bonds. The average Bonchev–Trinajstić information content (AvgIpc) is 2.75. The first kappa shape index (κ1) is 19.7. The summed E-state index contributed by atoms with van der Waals surface area (Å²) in [6.45, 7) is 0.206. The number of benzene rings is 2. The largest absolute Gasteiger partial charge is 0.297 e. The molecule has 1 aliphatic carbocycles. The van der Waals surface area contributed by atoms with Crippen molar-refractivity contribution in [1.82, 2.24) is 5.43 Å². The third-order valence-electron chi connectivity index (χ3n) is 5.03. The van der Waals surface area contributed by atoms with Crippen LogP contribution in [0.15, 0.2) is 70.8 Å². The molecule has 0 spiro atoms.